The van der Waals surface area contributed by atoms with Crippen LogP contribution in [0.5, 0.6) is 0 Å². The van der Waals surface area contributed by atoms with Crippen molar-refractivity contribution in [1.29, 1.82) is 0 Å². The maximum atomic E-state index is 2.51. The van der Waals surface area contributed by atoms with Crippen LogP contribution in [0, 0.1) is 0 Å². The van der Waals surface area contributed by atoms with Gasteiger partial charge in [0.2, 0.25) is 0 Å². The fraction of sp³-hybridized carbons (Fsp3) is 0. The molecule has 4 aromatic heterocycles. The van der Waals surface area contributed by atoms with Crippen molar-refractivity contribution in [2.45, 2.75) is 0 Å². The van der Waals surface area contributed by atoms with Crippen LogP contribution in [0.3, 0.4) is 0 Å². The zero-order valence-electron chi connectivity index (χ0n) is 71.7. The monoisotopic (exact) mass is 1670 g/mol. The molecule has 0 aliphatic rings. The first-order chi connectivity index (χ1) is 65.5. The quantitative estimate of drug-likeness (QED) is 0.148. The van der Waals surface area contributed by atoms with Gasteiger partial charge in [0.15, 0.2) is 0 Å². The second kappa shape index (κ2) is 28.0. The minimum atomic E-state index is 1.19. The summed E-state index contributed by atoms with van der Waals surface area (Å²) in [6.07, 6.45) is 0. The van der Waals surface area contributed by atoms with E-state index in [1.165, 1.54) is 283 Å². The van der Waals surface area contributed by atoms with E-state index in [4.69, 9.17) is 0 Å². The van der Waals surface area contributed by atoms with Gasteiger partial charge >= 0.3 is 0 Å². The Balaban J connectivity index is 0.000000130. The Morgan fingerprint density at radius 3 is 0.568 bits per heavy atom. The van der Waals surface area contributed by atoms with Crippen molar-refractivity contribution < 1.29 is 0 Å². The molecule has 0 saturated carbocycles. The molecule has 0 radical (unpaired) electrons. The first-order valence-corrected chi connectivity index (χ1v) is 45.8. The van der Waals surface area contributed by atoms with Crippen LogP contribution in [0.4, 0.5) is 0 Å². The van der Waals surface area contributed by atoms with Crippen molar-refractivity contribution in [2.75, 3.05) is 0 Å². The summed E-state index contributed by atoms with van der Waals surface area (Å²) in [4.78, 5) is 0. The van der Waals surface area contributed by atoms with Gasteiger partial charge in [0.25, 0.3) is 0 Å². The van der Waals surface area contributed by atoms with Crippen molar-refractivity contribution in [3.8, 4) is 45.0 Å². The predicted molar refractivity (Wildman–Crippen MR) is 566 cm³/mol. The largest absolute Gasteiger partial charge is 0.309 e. The van der Waals surface area contributed by atoms with Gasteiger partial charge in [-0.2, -0.15) is 0 Å². The molecule has 4 nitrogen and oxygen atoms in total. The molecule has 30 rings (SSSR count). The third-order valence-corrected chi connectivity index (χ3v) is 29.3. The van der Waals surface area contributed by atoms with E-state index in [1.54, 1.807) is 0 Å². The predicted octanol–water partition coefficient (Wildman–Crippen LogP) is 35.2. The molecule has 0 amide bonds. The van der Waals surface area contributed by atoms with E-state index in [1.807, 2.05) is 0 Å². The molecule has 4 heterocycles. The highest BCUT2D eigenvalue weighted by atomic mass is 15.0. The topological polar surface area (TPSA) is 19.7 Å². The second-order valence-electron chi connectivity index (χ2n) is 35.9. The third-order valence-electron chi connectivity index (χ3n) is 29.3. The van der Waals surface area contributed by atoms with Gasteiger partial charge in [0.05, 0.1) is 66.9 Å². The van der Waals surface area contributed by atoms with E-state index < -0.39 is 0 Å². The molecule has 0 aliphatic heterocycles. The smallest absolute Gasteiger partial charge is 0.0547 e. The number of nitrogens with zero attached hydrogens (tertiary/aromatic N) is 4. The number of fused-ring (bicyclic) bond motifs is 38. The molecule has 4 heteroatoms. The molecule has 0 bridgehead atoms. The van der Waals surface area contributed by atoms with Crippen LogP contribution < -0.4 is 0 Å². The van der Waals surface area contributed by atoms with E-state index in [-0.39, 0.29) is 0 Å². The summed E-state index contributed by atoms with van der Waals surface area (Å²) in [5.41, 5.74) is 19.2. The first kappa shape index (κ1) is 72.7. The molecule has 0 fully saturated rings. The zero-order chi connectivity index (χ0) is 86.1. The highest BCUT2D eigenvalue weighted by molar-refractivity contribution is 6.35. The summed E-state index contributed by atoms with van der Waals surface area (Å²) in [5, 5.41) is 45.7. The van der Waals surface area contributed by atoms with E-state index in [2.05, 4.69) is 479 Å². The van der Waals surface area contributed by atoms with Crippen molar-refractivity contribution in [3.05, 3.63) is 461 Å². The molecular formula is C128H76N4. The Morgan fingerprint density at radius 1 is 0.0985 bits per heavy atom. The Morgan fingerprint density at radius 2 is 0.280 bits per heavy atom. The van der Waals surface area contributed by atoms with Crippen LogP contribution in [0.2, 0.25) is 0 Å². The molecule has 0 atom stereocenters. The van der Waals surface area contributed by atoms with Crippen LogP contribution in [0.25, 0.3) is 283 Å². The highest BCUT2D eigenvalue weighted by Crippen LogP contribution is 2.50. The van der Waals surface area contributed by atoms with Crippen molar-refractivity contribution in [1.82, 2.24) is 18.3 Å². The van der Waals surface area contributed by atoms with Gasteiger partial charge in [0, 0.05) is 64.6 Å². The SMILES string of the molecule is c1ccc2c(c1)c(-n1c3ccccc3c3cc(-c4ccc5c(c4)c4ccccc4n5-c4cc5c6ccccc6c6ccccc6c5c5ccccc45)ccc31)cc1c3ccccc3c3ccccc3c21.c1ccc2c(c1)ccc1c3ccccc3c(-n3c4ccccc4c4cc(-c5ccc6c(c5)c5ccccc5n6-c5cc6c7ccccc7ccc6c6ccccc56)ccc43)cc21. The lowest BCUT2D eigenvalue weighted by molar-refractivity contribution is 1.20. The third kappa shape index (κ3) is 10.4. The Kier molecular flexibility index (Phi) is 15.4. The van der Waals surface area contributed by atoms with Crippen molar-refractivity contribution in [3.63, 3.8) is 0 Å². The maximum absolute atomic E-state index is 2.51. The molecular weight excluding hydrogens is 1590 g/mol. The number of para-hydroxylation sites is 4. The molecule has 608 valence electrons. The van der Waals surface area contributed by atoms with Gasteiger partial charge in [-0.3, -0.25) is 0 Å². The lowest BCUT2D eigenvalue weighted by atomic mass is 9.90. The van der Waals surface area contributed by atoms with Crippen molar-refractivity contribution in [2.24, 2.45) is 0 Å². The van der Waals surface area contributed by atoms with Gasteiger partial charge < -0.3 is 18.3 Å². The molecule has 0 saturated heterocycles. The summed E-state index contributed by atoms with van der Waals surface area (Å²) >= 11 is 0. The number of aromatic nitrogens is 4. The molecule has 0 N–H and O–H groups in total. The molecule has 30 aromatic rings. The zero-order valence-corrected chi connectivity index (χ0v) is 71.7. The number of benzene rings is 26. The maximum Gasteiger partial charge on any atom is 0.0547 e. The minimum absolute atomic E-state index is 1.19. The second-order valence-corrected chi connectivity index (χ2v) is 35.9. The van der Waals surface area contributed by atoms with Gasteiger partial charge in [-0.25, -0.2) is 0 Å². The lowest BCUT2D eigenvalue weighted by Crippen LogP contribution is -1.97. The number of rotatable bonds is 6. The molecule has 0 aliphatic carbocycles. The number of hydrogen-bond acceptors (Lipinski definition) is 0. The van der Waals surface area contributed by atoms with Crippen LogP contribution >= 0.6 is 0 Å². The van der Waals surface area contributed by atoms with Gasteiger partial charge in [-0.1, -0.05) is 364 Å². The van der Waals surface area contributed by atoms with Crippen LogP contribution in [0.15, 0.2) is 461 Å². The average molecular weight is 1670 g/mol. The minimum Gasteiger partial charge on any atom is -0.309 e. The molecule has 0 unspecified atom stereocenters. The fourth-order valence-electron chi connectivity index (χ4n) is 23.6. The molecule has 132 heavy (non-hydrogen) atoms. The average Bonchev–Trinajstić information content (AvgIpc) is 1.59. The van der Waals surface area contributed by atoms with E-state index >= 15 is 0 Å². The van der Waals surface area contributed by atoms with Crippen LogP contribution in [-0.4, -0.2) is 18.3 Å². The molecule has 0 spiro atoms. The Bertz CT molecular complexity index is 9750. The summed E-state index contributed by atoms with van der Waals surface area (Å²) < 4.78 is 10.0. The van der Waals surface area contributed by atoms with Gasteiger partial charge in [0.1, 0.15) is 0 Å². The Hall–Kier alpha value is -17.4. The Labute approximate surface area is 757 Å². The highest BCUT2D eigenvalue weighted by Gasteiger charge is 2.26. The summed E-state index contributed by atoms with van der Waals surface area (Å²) in [6.45, 7) is 0. The van der Waals surface area contributed by atoms with Gasteiger partial charge in [-0.05, 0) is 249 Å². The van der Waals surface area contributed by atoms with E-state index in [9.17, 15) is 0 Å². The van der Waals surface area contributed by atoms with E-state index in [0.29, 0.717) is 0 Å². The summed E-state index contributed by atoms with van der Waals surface area (Å²) in [6, 6.07) is 172. The van der Waals surface area contributed by atoms with Crippen LogP contribution in [0.1, 0.15) is 0 Å². The normalized spacial score (nSPS) is 12.2. The number of hydrogen-bond donors (Lipinski definition) is 0. The lowest BCUT2D eigenvalue weighted by Gasteiger charge is -2.18. The molecule has 26 aromatic carbocycles. The van der Waals surface area contributed by atoms with Crippen LogP contribution in [-0.2, 0) is 0 Å². The van der Waals surface area contributed by atoms with Gasteiger partial charge in [-0.15, -0.1) is 0 Å². The standard InChI is InChI=1S/C68H40N2.C60H36N2/c1-3-21-47-43(17-1)45-19-5-9-27-53(45)67-55-29-11-7-23-49(55)65(39-59(47)67)69-61-31-15-13-25-51(61)57-37-41(33-35-63(57)69)42-34-36-64-58(38-42)52-26-14-16-32-62(52)70(64)66-40-60-48-22-4-2-18-44(48)46-20-6-10-28-54(46)68(60)56-30-12-8-24-50(56)66;1-3-15-41-37(13-1)25-29-45-43-17-5-7-19-47(43)59(35-51(41)45)61-55-23-11-9-21-49(55)53-33-39(27-31-57(53)61)40-28-32-58-54(34-40)50-22-10-12-24-56(50)62(58)60-36-52-42-16-4-2-14-38(42)26-30-46(52)44-18-6-8-20-48(44)60/h1-40H;1-36H. The first-order valence-electron chi connectivity index (χ1n) is 45.8. The fourth-order valence-corrected chi connectivity index (χ4v) is 23.6. The van der Waals surface area contributed by atoms with E-state index in [0.717, 1.165) is 0 Å². The summed E-state index contributed by atoms with van der Waals surface area (Å²) in [7, 11) is 0. The van der Waals surface area contributed by atoms with Crippen molar-refractivity contribution >= 4 is 238 Å². The summed E-state index contributed by atoms with van der Waals surface area (Å²) in [5.74, 6) is 0.